The zero-order valence-corrected chi connectivity index (χ0v) is 109. The number of Topliss-reactive ketones (excluding diaryl/α,β-unsaturated/α-hetero) is 2. The number of ketones is 2. The quantitative estimate of drug-likeness (QED) is 0.0214. The second kappa shape index (κ2) is 49.4. The Morgan fingerprint density at radius 3 is 0.865 bits per heavy atom. The Morgan fingerprint density at radius 2 is 0.534 bits per heavy atom. The third-order valence-corrected chi connectivity index (χ3v) is 66.3. The number of imide groups is 2. The fourth-order valence-corrected chi connectivity index (χ4v) is 53.5. The Hall–Kier alpha value is -5.06. The summed E-state index contributed by atoms with van der Waals surface area (Å²) in [4.78, 5) is 128. The first-order chi connectivity index (χ1) is 71.2. The van der Waals surface area contributed by atoms with Crippen LogP contribution in [0.25, 0.3) is 111 Å². The molecule has 0 radical (unpaired) electrons. The molecule has 2 aliphatic carbocycles. The van der Waals surface area contributed by atoms with Crippen LogP contribution in [0.2, 0.25) is 29.6 Å². The van der Waals surface area contributed by atoms with Crippen LogP contribution < -0.4 is 26.7 Å². The summed E-state index contributed by atoms with van der Waals surface area (Å²) in [5.74, 6) is -0.262. The van der Waals surface area contributed by atoms with Crippen LogP contribution in [0.4, 0.5) is 0 Å². The van der Waals surface area contributed by atoms with Gasteiger partial charge in [0.2, 0.25) is 0 Å². The van der Waals surface area contributed by atoms with Crippen molar-refractivity contribution in [2.75, 3.05) is 13.1 Å². The summed E-state index contributed by atoms with van der Waals surface area (Å²) in [5.41, 5.74) is 11.4. The second-order valence-electron chi connectivity index (χ2n) is 42.7. The van der Waals surface area contributed by atoms with E-state index in [0.717, 1.165) is 155 Å². The van der Waals surface area contributed by atoms with E-state index >= 15 is 9.59 Å². The van der Waals surface area contributed by atoms with Gasteiger partial charge in [-0.1, -0.05) is 130 Å². The van der Waals surface area contributed by atoms with Gasteiger partial charge in [-0.3, -0.25) is 33.8 Å². The van der Waals surface area contributed by atoms with Crippen LogP contribution in [0.5, 0.6) is 0 Å². The third-order valence-electron chi connectivity index (χ3n) is 29.2. The number of halogens is 2. The van der Waals surface area contributed by atoms with Crippen molar-refractivity contribution in [3.8, 4) is 48.8 Å². The predicted octanol–water partition coefficient (Wildman–Crippen LogP) is 37.7. The molecule has 2 aliphatic heterocycles. The van der Waals surface area contributed by atoms with Gasteiger partial charge in [0.05, 0.1) is 34.7 Å². The van der Waals surface area contributed by atoms with E-state index in [2.05, 4.69) is 235 Å². The zero-order chi connectivity index (χ0) is 105. The van der Waals surface area contributed by atoms with Gasteiger partial charge >= 0.3 is 383 Å². The summed E-state index contributed by atoms with van der Waals surface area (Å²) in [7, 11) is 0. The topological polar surface area (TPSA) is 109 Å². The number of carbonyl (C=O) groups is 6. The van der Waals surface area contributed by atoms with Crippen molar-refractivity contribution in [1.29, 1.82) is 0 Å². The first-order valence-electron chi connectivity index (χ1n) is 54.0. The number of hydrogen-bond acceptors (Lipinski definition) is 20. The molecule has 0 N–H and O–H groups in total. The number of thiophene rings is 14. The standard InChI is InChI=1S/C59H63NO3S7.C43H40OS6.C14H17Br2NO2S.6CH3.2Sn/c1-8-11-14-17-18-21-28-60-58(62)47-36(7)67-57(52(47)59(60)63)54-38(23-20-16-13-10-3)30-46(70-54)49-51-50(48(53(49)61)45-29-37(35(6)66-45)22-19-15-12-9-2)55-39(31-43(68-55)41-26-24-33(4)64-41)40-32-44(69-56(40)51)42-27-25-34(5)65-42;1-5-7-9-11-13-27-19-35(45-23-27)37-39-40(38(41(37)44)36-20-28(24-46-36)14-12-10-8-6-2)43-30(22-34(50-43)32-18-16-26(4)48-32)29-21-33(49-42(29)39)31-17-15-25(3)47-31;1-2-3-4-5-6-7-8-17-13(18)9-10(14(17)19)12(16)20-11(9)15;;;;;;;;/h24-27,29-32H,8-23,28H2,1-7H3;15-22H,5-14H2,1-4H3;2-8H2,1H3;6*1H3;;. The normalized spacial score (nSPS) is 13.8. The van der Waals surface area contributed by atoms with Crippen molar-refractivity contribution in [3.05, 3.63) is 219 Å². The number of carbonyl (C=O) groups excluding carboxylic acids is 6. The van der Waals surface area contributed by atoms with Gasteiger partial charge in [0.1, 0.15) is 0 Å². The van der Waals surface area contributed by atoms with Crippen LogP contribution in [0.15, 0.2) is 105 Å². The number of unbranched alkanes of at least 4 members (excludes halogenated alkanes) is 22. The number of amides is 4. The Morgan fingerprint density at radius 1 is 0.250 bits per heavy atom. The van der Waals surface area contributed by atoms with Crippen molar-refractivity contribution >= 4 is 331 Å². The fourth-order valence-electron chi connectivity index (χ4n) is 21.6. The Bertz CT molecular complexity index is 7790. The molecule has 14 aromatic heterocycles. The molecule has 4 amide bonds. The van der Waals surface area contributed by atoms with Crippen molar-refractivity contribution in [3.63, 3.8) is 0 Å². The van der Waals surface area contributed by atoms with E-state index in [-0.39, 0.29) is 35.2 Å². The van der Waals surface area contributed by atoms with E-state index in [1.165, 1.54) is 283 Å². The molecule has 148 heavy (non-hydrogen) atoms. The Labute approximate surface area is 956 Å². The maximum atomic E-state index is 16.1. The van der Waals surface area contributed by atoms with E-state index in [1.807, 2.05) is 120 Å². The summed E-state index contributed by atoms with van der Waals surface area (Å²) in [6.07, 6.45) is 36.9. The van der Waals surface area contributed by atoms with Crippen molar-refractivity contribution in [1.82, 2.24) is 9.80 Å². The SMILES string of the molecule is CCCCCCCCN1C(=O)c2c(Br)sc(Br)c2C1=O.CCCCCCCCN1C(=O)c2c(C)sc(-c3sc(C4=c5c(c6sc(-c7ccc(C)s7)cc6c6cc(-c7ccc(C)s7)sc56)=C(c5cc(CCCCCC)c(C)s5)C4=O)cc3CCCCCC)c2C1=O.CCCCCCc1cc(C2=c3c(c4sc(-c5ccc(C)s5)cc4c4cc(-c5ccc(C)s5)sc34)=C(c3cc(CCCCCC)[c]([Sn]([CH3])([CH3])[CH3])s3)C2=O)s[c]1[Sn]([CH3])([CH3])[CH3]. The van der Waals surface area contributed by atoms with Gasteiger partial charge in [0.25, 0.3) is 23.6 Å². The van der Waals surface area contributed by atoms with E-state index in [0.29, 0.717) is 35.3 Å². The predicted molar refractivity (Wildman–Crippen MR) is 670 cm³/mol. The van der Waals surface area contributed by atoms with Gasteiger partial charge in [0.15, 0.2) is 5.78 Å². The van der Waals surface area contributed by atoms with Gasteiger partial charge in [-0.05, 0) is 158 Å². The molecule has 0 atom stereocenters. The average Bonchev–Trinajstić information content (AvgIpc) is 1.53. The van der Waals surface area contributed by atoms with E-state index in [4.69, 9.17) is 0 Å². The van der Waals surface area contributed by atoms with Crippen LogP contribution in [0.3, 0.4) is 0 Å². The number of benzene rings is 2. The number of nitrogens with zero attached hydrogens (tertiary/aromatic N) is 2. The summed E-state index contributed by atoms with van der Waals surface area (Å²) in [6, 6.07) is 37.4. The molecular formula is C122H138Br2N2O6S14Sn2. The van der Waals surface area contributed by atoms with E-state index < -0.39 is 36.8 Å². The molecular weight excluding hydrogens is 2440 g/mol. The van der Waals surface area contributed by atoms with Gasteiger partial charge in [-0.25, -0.2) is 0 Å². The summed E-state index contributed by atoms with van der Waals surface area (Å²) >= 11 is 27.0. The minimum absolute atomic E-state index is 0.0979. The van der Waals surface area contributed by atoms with Gasteiger partial charge in [-0.2, -0.15) is 0 Å². The molecule has 16 heterocycles. The molecule has 2 aromatic carbocycles. The fraction of sp³-hybridized carbons (Fsp3) is 0.426. The van der Waals surface area contributed by atoms with Crippen molar-refractivity contribution in [2.45, 2.75) is 318 Å². The van der Waals surface area contributed by atoms with Gasteiger partial charge in [0, 0.05) is 108 Å². The molecule has 0 saturated heterocycles. The molecule has 26 heteroatoms. The average molecular weight is 2570 g/mol. The van der Waals surface area contributed by atoms with Crippen LogP contribution in [-0.4, -0.2) is 94.8 Å². The maximum absolute atomic E-state index is 16.1. The molecule has 0 unspecified atom stereocenters. The number of aryl methyl sites for hydroxylation is 10. The number of hydrogen-bond donors (Lipinski definition) is 0. The monoisotopic (exact) mass is 2570 g/mol. The molecule has 8 nitrogen and oxygen atoms in total. The van der Waals surface area contributed by atoms with Crippen LogP contribution in [0, 0.1) is 41.5 Å². The second-order valence-corrected chi connectivity index (χ2v) is 92.0. The molecule has 20 rings (SSSR count). The van der Waals surface area contributed by atoms with Crippen molar-refractivity contribution in [2.24, 2.45) is 0 Å². The summed E-state index contributed by atoms with van der Waals surface area (Å²) in [6.45, 7) is 27.5. The molecule has 0 spiro atoms. The molecule has 778 valence electrons. The molecule has 16 aromatic rings. The van der Waals surface area contributed by atoms with Crippen LogP contribution in [-0.2, 0) is 35.3 Å². The summed E-state index contributed by atoms with van der Waals surface area (Å²) in [5, 5.41) is 9.63. The molecule has 4 aliphatic rings. The van der Waals surface area contributed by atoms with Gasteiger partial charge in [-0.15, -0.1) is 90.7 Å². The first-order valence-corrected chi connectivity index (χ1v) is 87.0. The van der Waals surface area contributed by atoms with Crippen LogP contribution >= 0.6 is 191 Å². The molecule has 0 bridgehead atoms. The zero-order valence-electron chi connectivity index (χ0n) is 89.1. The summed E-state index contributed by atoms with van der Waals surface area (Å²) < 4.78 is 9.71. The van der Waals surface area contributed by atoms with E-state index in [9.17, 15) is 19.2 Å². The molecule has 0 saturated carbocycles. The molecule has 0 fully saturated rings. The minimum atomic E-state index is -2.54. The third kappa shape index (κ3) is 23.5. The Kier molecular flexibility index (Phi) is 37.6. The van der Waals surface area contributed by atoms with E-state index in [1.54, 1.807) is 39.8 Å². The number of fused-ring (bicyclic) bond motifs is 14. The van der Waals surface area contributed by atoms with Crippen LogP contribution in [0.1, 0.15) is 334 Å². The Balaban J connectivity index is 0.000000165. The van der Waals surface area contributed by atoms with Crippen molar-refractivity contribution < 1.29 is 28.8 Å². The first kappa shape index (κ1) is 113. The number of rotatable bonds is 45. The van der Waals surface area contributed by atoms with Gasteiger partial charge < -0.3 is 0 Å².